The molecule has 4 rings (SSSR count). The first kappa shape index (κ1) is 22.8. The van der Waals surface area contributed by atoms with Crippen LogP contribution in [0.3, 0.4) is 0 Å². The number of benzene rings is 4. The summed E-state index contributed by atoms with van der Waals surface area (Å²) in [6, 6.07) is 43.7. The van der Waals surface area contributed by atoms with Gasteiger partial charge in [-0.25, -0.2) is 0 Å². The highest BCUT2D eigenvalue weighted by Crippen LogP contribution is 2.39. The van der Waals surface area contributed by atoms with E-state index < -0.39 is 16.1 Å². The molecule has 0 N–H and O–H groups in total. The summed E-state index contributed by atoms with van der Waals surface area (Å²) in [5, 5.41) is 5.58. The van der Waals surface area contributed by atoms with Crippen LogP contribution in [0.1, 0.15) is 0 Å². The van der Waals surface area contributed by atoms with E-state index in [0.717, 1.165) is 13.1 Å². The molecule has 0 spiro atoms. The van der Waals surface area contributed by atoms with Gasteiger partial charge in [0.25, 0.3) is 0 Å². The van der Waals surface area contributed by atoms with Crippen molar-refractivity contribution in [3.05, 3.63) is 121 Å². The van der Waals surface area contributed by atoms with Crippen molar-refractivity contribution in [1.82, 2.24) is 9.34 Å². The molecule has 0 aromatic heterocycles. The fourth-order valence-corrected chi connectivity index (χ4v) is 8.42. The summed E-state index contributed by atoms with van der Waals surface area (Å²) in [5.74, 6) is 0. The summed E-state index contributed by atoms with van der Waals surface area (Å²) >= 11 is 0. The molecule has 0 atom stereocenters. The molecule has 32 heavy (non-hydrogen) atoms. The van der Waals surface area contributed by atoms with Crippen molar-refractivity contribution in [2.75, 3.05) is 27.2 Å². The van der Waals surface area contributed by atoms with Gasteiger partial charge in [-0.2, -0.15) is 0 Å². The van der Waals surface area contributed by atoms with E-state index in [1.54, 1.807) is 0 Å². The minimum absolute atomic E-state index is 0.557. The van der Waals surface area contributed by atoms with Gasteiger partial charge in [0.05, 0.1) is 0 Å². The van der Waals surface area contributed by atoms with Crippen LogP contribution in [0.4, 0.5) is 0 Å². The average molecular weight is 457 g/mol. The Morgan fingerprint density at radius 2 is 0.625 bits per heavy atom. The molecule has 0 unspecified atom stereocenters. The van der Waals surface area contributed by atoms with Gasteiger partial charge in [-0.1, -0.05) is 121 Å². The Morgan fingerprint density at radius 3 is 0.844 bits per heavy atom. The smallest absolute Gasteiger partial charge is 0.0279 e. The van der Waals surface area contributed by atoms with Gasteiger partial charge >= 0.3 is 0 Å². The van der Waals surface area contributed by atoms with Crippen molar-refractivity contribution in [2.45, 2.75) is 0 Å². The van der Waals surface area contributed by atoms with Crippen LogP contribution in [-0.2, 0) is 0 Å². The van der Waals surface area contributed by atoms with E-state index in [1.165, 1.54) is 21.2 Å². The van der Waals surface area contributed by atoms with Gasteiger partial charge in [-0.15, -0.1) is 0 Å². The molecule has 0 aliphatic carbocycles. The fourth-order valence-electron chi connectivity index (χ4n) is 3.85. The summed E-state index contributed by atoms with van der Waals surface area (Å²) in [6.45, 7) is 2.01. The predicted octanol–water partition coefficient (Wildman–Crippen LogP) is 4.95. The topological polar surface area (TPSA) is 6.48 Å². The Morgan fingerprint density at radius 1 is 0.406 bits per heavy atom. The summed E-state index contributed by atoms with van der Waals surface area (Å²) < 4.78 is 5.08. The van der Waals surface area contributed by atoms with E-state index in [-0.39, 0.29) is 0 Å². The Labute approximate surface area is 195 Å². The van der Waals surface area contributed by atoms with Crippen LogP contribution < -0.4 is 21.2 Å². The normalized spacial score (nSPS) is 11.6. The molecule has 2 nitrogen and oxygen atoms in total. The van der Waals surface area contributed by atoms with E-state index in [0.29, 0.717) is 0 Å². The highest BCUT2D eigenvalue weighted by Gasteiger charge is 2.22. The molecule has 0 saturated heterocycles. The Balaban J connectivity index is 1.55. The highest BCUT2D eigenvalue weighted by molar-refractivity contribution is 7.71. The molecule has 0 saturated carbocycles. The third-order valence-corrected chi connectivity index (χ3v) is 10.3. The van der Waals surface area contributed by atoms with Crippen molar-refractivity contribution in [1.29, 1.82) is 0 Å². The van der Waals surface area contributed by atoms with Crippen molar-refractivity contribution >= 4 is 37.4 Å². The number of nitrogens with zero attached hydrogens (tertiary/aromatic N) is 2. The lowest BCUT2D eigenvalue weighted by Gasteiger charge is -2.33. The zero-order valence-corrected chi connectivity index (χ0v) is 20.5. The summed E-state index contributed by atoms with van der Waals surface area (Å²) in [4.78, 5) is 0. The SMILES string of the molecule is CN(CCN(C)P(c1ccccc1)c1ccccc1)P(c1ccccc1)c1ccccc1. The minimum atomic E-state index is -0.557. The van der Waals surface area contributed by atoms with E-state index >= 15 is 0 Å². The lowest BCUT2D eigenvalue weighted by atomic mass is 10.4. The Hall–Kier alpha value is -2.34. The second-order valence-corrected chi connectivity index (χ2v) is 12.4. The van der Waals surface area contributed by atoms with Gasteiger partial charge in [0.2, 0.25) is 0 Å². The van der Waals surface area contributed by atoms with Crippen LogP contribution in [0, 0.1) is 0 Å². The third-order valence-electron chi connectivity index (χ3n) is 5.43. The van der Waals surface area contributed by atoms with Crippen LogP contribution in [0.15, 0.2) is 121 Å². The van der Waals surface area contributed by atoms with Crippen molar-refractivity contribution in [3.8, 4) is 0 Å². The molecule has 0 heterocycles. The minimum Gasteiger partial charge on any atom is -0.277 e. The number of hydrogen-bond donors (Lipinski definition) is 0. The maximum atomic E-state index is 2.54. The van der Waals surface area contributed by atoms with Gasteiger partial charge in [0.15, 0.2) is 0 Å². The molecule has 4 aromatic rings. The third kappa shape index (κ3) is 5.71. The summed E-state index contributed by atoms with van der Waals surface area (Å²) in [7, 11) is 3.43. The molecule has 0 amide bonds. The molecule has 0 aliphatic heterocycles. The first-order valence-electron chi connectivity index (χ1n) is 11.0. The summed E-state index contributed by atoms with van der Waals surface area (Å²) in [5.41, 5.74) is 0. The van der Waals surface area contributed by atoms with Gasteiger partial charge in [-0.05, 0) is 35.3 Å². The van der Waals surface area contributed by atoms with E-state index in [9.17, 15) is 0 Å². The fraction of sp³-hybridized carbons (Fsp3) is 0.143. The zero-order chi connectivity index (χ0) is 22.2. The maximum Gasteiger partial charge on any atom is 0.0279 e. The first-order chi connectivity index (χ1) is 15.7. The molecular formula is C28H30N2P2. The van der Waals surface area contributed by atoms with Gasteiger partial charge in [0.1, 0.15) is 0 Å². The van der Waals surface area contributed by atoms with Crippen LogP contribution in [0.25, 0.3) is 0 Å². The van der Waals surface area contributed by atoms with E-state index in [1.807, 2.05) is 0 Å². The van der Waals surface area contributed by atoms with Gasteiger partial charge < -0.3 is 0 Å². The van der Waals surface area contributed by atoms with Crippen molar-refractivity contribution < 1.29 is 0 Å². The van der Waals surface area contributed by atoms with Crippen LogP contribution >= 0.6 is 16.1 Å². The Bertz CT molecular complexity index is 892. The second-order valence-electron chi connectivity index (χ2n) is 7.73. The molecule has 0 radical (unpaired) electrons. The first-order valence-corrected chi connectivity index (χ1v) is 13.6. The molecule has 4 heteroatoms. The lowest BCUT2D eigenvalue weighted by Crippen LogP contribution is -2.34. The number of hydrogen-bond acceptors (Lipinski definition) is 2. The molecule has 162 valence electrons. The van der Waals surface area contributed by atoms with Crippen molar-refractivity contribution in [2.24, 2.45) is 0 Å². The van der Waals surface area contributed by atoms with Crippen LogP contribution in [-0.4, -0.2) is 36.5 Å². The second kappa shape index (κ2) is 11.5. The number of likely N-dealkylation sites (N-methyl/N-ethyl adjacent to an activating group) is 2. The predicted molar refractivity (Wildman–Crippen MR) is 143 cm³/mol. The summed E-state index contributed by atoms with van der Waals surface area (Å²) in [6.07, 6.45) is 0. The van der Waals surface area contributed by atoms with Gasteiger partial charge in [0, 0.05) is 29.2 Å². The molecule has 4 aromatic carbocycles. The molecule has 0 fully saturated rings. The molecular weight excluding hydrogens is 426 g/mol. The number of rotatable bonds is 9. The average Bonchev–Trinajstić information content (AvgIpc) is 2.86. The lowest BCUT2D eigenvalue weighted by molar-refractivity contribution is 0.459. The molecule has 0 bridgehead atoms. The zero-order valence-electron chi connectivity index (χ0n) is 18.8. The van der Waals surface area contributed by atoms with E-state index in [2.05, 4.69) is 145 Å². The standard InChI is InChI=1S/C28H30N2P2/c1-29(31(25-15-7-3-8-16-25)26-17-9-4-10-18-26)23-24-30(2)32(27-19-11-5-12-20-27)28-21-13-6-14-22-28/h3-22H,23-24H2,1-2H3. The molecule has 0 aliphatic rings. The maximum absolute atomic E-state index is 2.54. The Kier molecular flexibility index (Phi) is 8.21. The highest BCUT2D eigenvalue weighted by atomic mass is 31.1. The quantitative estimate of drug-likeness (QED) is 0.329. The monoisotopic (exact) mass is 456 g/mol. The van der Waals surface area contributed by atoms with Crippen LogP contribution in [0.2, 0.25) is 0 Å². The van der Waals surface area contributed by atoms with Crippen LogP contribution in [0.5, 0.6) is 0 Å². The van der Waals surface area contributed by atoms with Crippen molar-refractivity contribution in [3.63, 3.8) is 0 Å². The largest absolute Gasteiger partial charge is 0.277 e. The van der Waals surface area contributed by atoms with Gasteiger partial charge in [-0.3, -0.25) is 9.34 Å². The van der Waals surface area contributed by atoms with E-state index in [4.69, 9.17) is 0 Å².